The number of nitrogens with one attached hydrogen (secondary N) is 2. The van der Waals surface area contributed by atoms with E-state index >= 15 is 0 Å². The van der Waals surface area contributed by atoms with Crippen molar-refractivity contribution in [2.45, 2.75) is 25.9 Å². The van der Waals surface area contributed by atoms with Crippen molar-refractivity contribution in [1.29, 1.82) is 0 Å². The minimum atomic E-state index is 0. The Labute approximate surface area is 186 Å². The highest BCUT2D eigenvalue weighted by atomic mass is 127. The molecule has 2 rings (SSSR count). The molecule has 2 atom stereocenters. The Bertz CT molecular complexity index is 704. The normalized spacial score (nSPS) is 13.4. The molecule has 5 nitrogen and oxygen atoms in total. The van der Waals surface area contributed by atoms with E-state index in [9.17, 15) is 0 Å². The molecule has 28 heavy (non-hydrogen) atoms. The Morgan fingerprint density at radius 1 is 1.04 bits per heavy atom. The van der Waals surface area contributed by atoms with E-state index in [0.29, 0.717) is 6.54 Å². The Kier molecular flexibility index (Phi) is 10.9. The van der Waals surface area contributed by atoms with Gasteiger partial charge in [-0.2, -0.15) is 0 Å². The number of rotatable bonds is 8. The van der Waals surface area contributed by atoms with E-state index in [1.807, 2.05) is 18.2 Å². The van der Waals surface area contributed by atoms with Crippen LogP contribution in [-0.2, 0) is 0 Å². The third-order valence-corrected chi connectivity index (χ3v) is 4.54. The summed E-state index contributed by atoms with van der Waals surface area (Å²) in [4.78, 5) is 7.03. The maximum absolute atomic E-state index is 5.26. The quantitative estimate of drug-likeness (QED) is 0.326. The first-order valence-electron chi connectivity index (χ1n) is 9.45. The Balaban J connectivity index is 0.00000392. The maximum atomic E-state index is 5.26. The van der Waals surface area contributed by atoms with Crippen LogP contribution in [0.15, 0.2) is 59.6 Å². The van der Waals surface area contributed by atoms with E-state index in [4.69, 9.17) is 9.73 Å². The molecule has 0 aliphatic rings. The summed E-state index contributed by atoms with van der Waals surface area (Å²) in [6.07, 6.45) is 0. The maximum Gasteiger partial charge on any atom is 0.191 e. The van der Waals surface area contributed by atoms with Crippen LogP contribution in [0, 0.1) is 0 Å². The highest BCUT2D eigenvalue weighted by molar-refractivity contribution is 14.0. The molecular weight excluding hydrogens is 463 g/mol. The minimum absolute atomic E-state index is 0. The fraction of sp³-hybridized carbons (Fsp3) is 0.409. The molecule has 0 fully saturated rings. The van der Waals surface area contributed by atoms with Crippen molar-refractivity contribution >= 4 is 29.9 Å². The number of guanidine groups is 1. The Morgan fingerprint density at radius 2 is 1.68 bits per heavy atom. The van der Waals surface area contributed by atoms with E-state index in [1.165, 1.54) is 11.1 Å². The predicted octanol–water partition coefficient (Wildman–Crippen LogP) is 4.23. The van der Waals surface area contributed by atoms with Crippen molar-refractivity contribution in [3.8, 4) is 5.75 Å². The second-order valence-corrected chi connectivity index (χ2v) is 6.75. The molecule has 0 aliphatic carbocycles. The smallest absolute Gasteiger partial charge is 0.191 e. The van der Waals surface area contributed by atoms with E-state index in [-0.39, 0.29) is 36.1 Å². The van der Waals surface area contributed by atoms with Crippen LogP contribution >= 0.6 is 24.0 Å². The minimum Gasteiger partial charge on any atom is -0.497 e. The molecule has 0 amide bonds. The van der Waals surface area contributed by atoms with Crippen LogP contribution in [0.4, 0.5) is 0 Å². The van der Waals surface area contributed by atoms with Crippen LogP contribution in [0.25, 0.3) is 0 Å². The van der Waals surface area contributed by atoms with Gasteiger partial charge in [-0.15, -0.1) is 24.0 Å². The van der Waals surface area contributed by atoms with Gasteiger partial charge in [0.05, 0.1) is 25.7 Å². The number of likely N-dealkylation sites (N-methyl/N-ethyl adjacent to an activating group) is 1. The number of hydrogen-bond acceptors (Lipinski definition) is 3. The van der Waals surface area contributed by atoms with Gasteiger partial charge in [0, 0.05) is 6.54 Å². The molecule has 0 heterocycles. The first-order chi connectivity index (χ1) is 13.0. The lowest BCUT2D eigenvalue weighted by Crippen LogP contribution is -2.39. The van der Waals surface area contributed by atoms with Gasteiger partial charge in [0.15, 0.2) is 5.96 Å². The van der Waals surface area contributed by atoms with Crippen molar-refractivity contribution in [2.24, 2.45) is 4.99 Å². The lowest BCUT2D eigenvalue weighted by atomic mass is 10.1. The average molecular weight is 496 g/mol. The van der Waals surface area contributed by atoms with Gasteiger partial charge in [-0.05, 0) is 51.2 Å². The second kappa shape index (κ2) is 12.6. The lowest BCUT2D eigenvalue weighted by molar-refractivity contribution is 0.306. The number of halogens is 1. The van der Waals surface area contributed by atoms with Crippen LogP contribution in [0.2, 0.25) is 0 Å². The van der Waals surface area contributed by atoms with Gasteiger partial charge in [-0.1, -0.05) is 42.5 Å². The molecule has 0 radical (unpaired) electrons. The van der Waals surface area contributed by atoms with Gasteiger partial charge < -0.3 is 20.3 Å². The number of hydrogen-bond donors (Lipinski definition) is 2. The zero-order valence-electron chi connectivity index (χ0n) is 17.5. The zero-order chi connectivity index (χ0) is 19.6. The summed E-state index contributed by atoms with van der Waals surface area (Å²) >= 11 is 0. The van der Waals surface area contributed by atoms with Crippen LogP contribution in [0.1, 0.15) is 37.1 Å². The molecule has 2 N–H and O–H groups in total. The Morgan fingerprint density at radius 3 is 2.21 bits per heavy atom. The highest BCUT2D eigenvalue weighted by Gasteiger charge is 2.15. The predicted molar refractivity (Wildman–Crippen MR) is 129 cm³/mol. The van der Waals surface area contributed by atoms with E-state index in [2.05, 4.69) is 79.9 Å². The topological polar surface area (TPSA) is 48.9 Å². The monoisotopic (exact) mass is 496 g/mol. The largest absolute Gasteiger partial charge is 0.497 e. The van der Waals surface area contributed by atoms with Gasteiger partial charge in [-0.25, -0.2) is 0 Å². The van der Waals surface area contributed by atoms with Crippen molar-refractivity contribution in [1.82, 2.24) is 15.5 Å². The fourth-order valence-electron chi connectivity index (χ4n) is 2.92. The van der Waals surface area contributed by atoms with Crippen LogP contribution in [0.5, 0.6) is 5.75 Å². The molecule has 154 valence electrons. The Hall–Kier alpha value is -1.80. The third-order valence-electron chi connectivity index (χ3n) is 4.54. The van der Waals surface area contributed by atoms with Crippen LogP contribution in [0.3, 0.4) is 0 Å². The van der Waals surface area contributed by atoms with Crippen molar-refractivity contribution in [3.05, 3.63) is 65.7 Å². The number of ether oxygens (including phenoxy) is 1. The summed E-state index contributed by atoms with van der Waals surface area (Å²) < 4.78 is 5.26. The first kappa shape index (κ1) is 24.2. The highest BCUT2D eigenvalue weighted by Crippen LogP contribution is 2.21. The number of methoxy groups -OCH3 is 1. The molecule has 0 saturated carbocycles. The standard InChI is InChI=1S/C22H32N4O.HI/c1-6-23-22(25-17(2)18-10-8-7-9-11-18)24-16-21(26(3)4)19-12-14-20(27-5)15-13-19;/h7-15,17,21H,6,16H2,1-5H3,(H2,23,24,25);1H. The summed E-state index contributed by atoms with van der Waals surface area (Å²) in [5, 5.41) is 6.85. The van der Waals surface area contributed by atoms with E-state index in [1.54, 1.807) is 7.11 Å². The molecule has 0 spiro atoms. The average Bonchev–Trinajstić information content (AvgIpc) is 2.69. The molecule has 2 unspecified atom stereocenters. The molecular formula is C22H33IN4O. The summed E-state index contributed by atoms with van der Waals surface area (Å²) in [7, 11) is 5.85. The summed E-state index contributed by atoms with van der Waals surface area (Å²) in [6, 6.07) is 19.0. The molecule has 0 saturated heterocycles. The van der Waals surface area contributed by atoms with Crippen molar-refractivity contribution in [2.75, 3.05) is 34.3 Å². The van der Waals surface area contributed by atoms with E-state index < -0.39 is 0 Å². The first-order valence-corrected chi connectivity index (χ1v) is 9.45. The van der Waals surface area contributed by atoms with Gasteiger partial charge in [0.2, 0.25) is 0 Å². The second-order valence-electron chi connectivity index (χ2n) is 6.75. The van der Waals surface area contributed by atoms with Crippen LogP contribution < -0.4 is 15.4 Å². The molecule has 0 aliphatic heterocycles. The molecule has 2 aromatic carbocycles. The van der Waals surface area contributed by atoms with Gasteiger partial charge in [-0.3, -0.25) is 4.99 Å². The van der Waals surface area contributed by atoms with Crippen LogP contribution in [-0.4, -0.2) is 45.2 Å². The fourth-order valence-corrected chi connectivity index (χ4v) is 2.92. The van der Waals surface area contributed by atoms with Gasteiger partial charge in [0.25, 0.3) is 0 Å². The summed E-state index contributed by atoms with van der Waals surface area (Å²) in [5.74, 6) is 1.70. The number of nitrogens with zero attached hydrogens (tertiary/aromatic N) is 2. The molecule has 2 aromatic rings. The summed E-state index contributed by atoms with van der Waals surface area (Å²) in [5.41, 5.74) is 2.46. The molecule has 0 aromatic heterocycles. The van der Waals surface area contributed by atoms with Gasteiger partial charge >= 0.3 is 0 Å². The van der Waals surface area contributed by atoms with Crippen molar-refractivity contribution in [3.63, 3.8) is 0 Å². The van der Waals surface area contributed by atoms with Gasteiger partial charge in [0.1, 0.15) is 5.75 Å². The third kappa shape index (κ3) is 7.31. The lowest BCUT2D eigenvalue weighted by Gasteiger charge is -2.24. The number of aliphatic imine (C=N–C) groups is 1. The number of benzene rings is 2. The van der Waals surface area contributed by atoms with E-state index in [0.717, 1.165) is 18.3 Å². The summed E-state index contributed by atoms with van der Waals surface area (Å²) in [6.45, 7) is 5.71. The zero-order valence-corrected chi connectivity index (χ0v) is 19.8. The van der Waals surface area contributed by atoms with Crippen molar-refractivity contribution < 1.29 is 4.74 Å². The molecule has 0 bridgehead atoms. The SMILES string of the molecule is CCNC(=NCC(c1ccc(OC)cc1)N(C)C)NC(C)c1ccccc1.I. The molecule has 6 heteroatoms.